The van der Waals surface area contributed by atoms with Gasteiger partial charge in [-0.1, -0.05) is 6.07 Å². The molecule has 0 radical (unpaired) electrons. The largest absolute Gasteiger partial charge is 0.481 e. The van der Waals surface area contributed by atoms with Crippen LogP contribution in [0.3, 0.4) is 0 Å². The Morgan fingerprint density at radius 3 is 2.65 bits per heavy atom. The Morgan fingerprint density at radius 2 is 2.15 bits per heavy atom. The van der Waals surface area contributed by atoms with E-state index in [1.54, 1.807) is 24.1 Å². The molecule has 1 unspecified atom stereocenters. The van der Waals surface area contributed by atoms with Crippen LogP contribution in [0.4, 0.5) is 0 Å². The van der Waals surface area contributed by atoms with E-state index in [9.17, 15) is 14.7 Å². The average molecular weight is 274 g/mol. The Kier molecular flexibility index (Phi) is 3.00. The summed E-state index contributed by atoms with van der Waals surface area (Å²) in [5.74, 6) is -0.393. The molecule has 20 heavy (non-hydrogen) atoms. The van der Waals surface area contributed by atoms with E-state index >= 15 is 0 Å². The second kappa shape index (κ2) is 4.58. The summed E-state index contributed by atoms with van der Waals surface area (Å²) in [6.45, 7) is 2.42. The first-order chi connectivity index (χ1) is 9.49. The number of rotatable bonds is 3. The fourth-order valence-corrected chi connectivity index (χ4v) is 2.66. The molecule has 5 nitrogen and oxygen atoms in total. The first-order valence-corrected chi connectivity index (χ1v) is 6.98. The minimum atomic E-state index is -0.843. The van der Waals surface area contributed by atoms with Crippen LogP contribution in [0.5, 0.6) is 0 Å². The van der Waals surface area contributed by atoms with Gasteiger partial charge in [0.1, 0.15) is 5.69 Å². The number of pyridine rings is 1. The summed E-state index contributed by atoms with van der Waals surface area (Å²) in [6.07, 6.45) is 4.68. The fourth-order valence-electron chi connectivity index (χ4n) is 2.66. The first-order valence-electron chi connectivity index (χ1n) is 6.98. The van der Waals surface area contributed by atoms with Crippen molar-refractivity contribution in [3.63, 3.8) is 0 Å². The zero-order valence-corrected chi connectivity index (χ0v) is 11.5. The lowest BCUT2D eigenvalue weighted by Gasteiger charge is -2.19. The Balaban J connectivity index is 1.71. The van der Waals surface area contributed by atoms with Gasteiger partial charge in [-0.3, -0.25) is 14.6 Å². The number of hydrogen-bond donors (Lipinski definition) is 1. The smallest absolute Gasteiger partial charge is 0.311 e. The van der Waals surface area contributed by atoms with Crippen molar-refractivity contribution in [3.8, 4) is 0 Å². The highest BCUT2D eigenvalue weighted by Crippen LogP contribution is 2.39. The molecule has 1 saturated heterocycles. The monoisotopic (exact) mass is 274 g/mol. The molecule has 1 atom stereocenters. The van der Waals surface area contributed by atoms with Gasteiger partial charge in [0.2, 0.25) is 0 Å². The lowest BCUT2D eigenvalue weighted by Crippen LogP contribution is -2.35. The second-order valence-electron chi connectivity index (χ2n) is 6.09. The molecule has 1 aromatic heterocycles. The number of carbonyl (C=O) groups excluding carboxylic acids is 1. The van der Waals surface area contributed by atoms with Crippen molar-refractivity contribution in [3.05, 3.63) is 29.6 Å². The quantitative estimate of drug-likeness (QED) is 0.913. The Hall–Kier alpha value is -1.91. The molecule has 1 N–H and O–H groups in total. The highest BCUT2D eigenvalue weighted by atomic mass is 16.4. The normalized spacial score (nSPS) is 25.8. The molecular formula is C15H18N2O3. The number of likely N-dealkylation sites (tertiary alicyclic amines) is 1. The number of amides is 1. The van der Waals surface area contributed by atoms with Gasteiger partial charge >= 0.3 is 5.97 Å². The third-order valence-corrected chi connectivity index (χ3v) is 4.33. The molecule has 5 heteroatoms. The van der Waals surface area contributed by atoms with Gasteiger partial charge in [-0.2, -0.15) is 0 Å². The molecule has 3 rings (SSSR count). The van der Waals surface area contributed by atoms with Crippen LogP contribution in [-0.4, -0.2) is 40.0 Å². The van der Waals surface area contributed by atoms with Crippen molar-refractivity contribution in [1.82, 2.24) is 9.88 Å². The lowest BCUT2D eigenvalue weighted by atomic mass is 9.90. The predicted molar refractivity (Wildman–Crippen MR) is 72.5 cm³/mol. The molecule has 0 bridgehead atoms. The molecule has 106 valence electrons. The van der Waals surface area contributed by atoms with Crippen molar-refractivity contribution < 1.29 is 14.7 Å². The number of hydrogen-bond acceptors (Lipinski definition) is 3. The summed E-state index contributed by atoms with van der Waals surface area (Å²) >= 11 is 0. The third kappa shape index (κ3) is 2.28. The maximum atomic E-state index is 12.3. The van der Waals surface area contributed by atoms with Gasteiger partial charge in [0.15, 0.2) is 0 Å². The molecular weight excluding hydrogens is 256 g/mol. The van der Waals surface area contributed by atoms with Crippen molar-refractivity contribution in [2.24, 2.45) is 5.41 Å². The molecule has 2 aliphatic rings. The SMILES string of the molecule is CC1(C(=O)O)CCN(C(=O)c2ccc(C3CC3)cn2)C1. The molecule has 1 aromatic rings. The summed E-state index contributed by atoms with van der Waals surface area (Å²) in [5, 5.41) is 9.19. The van der Waals surface area contributed by atoms with Crippen LogP contribution in [0, 0.1) is 5.41 Å². The summed E-state index contributed by atoms with van der Waals surface area (Å²) in [7, 11) is 0. The van der Waals surface area contributed by atoms with Crippen LogP contribution in [-0.2, 0) is 4.79 Å². The fraction of sp³-hybridized carbons (Fsp3) is 0.533. The summed E-state index contributed by atoms with van der Waals surface area (Å²) in [4.78, 5) is 29.4. The van der Waals surface area contributed by atoms with E-state index < -0.39 is 11.4 Å². The van der Waals surface area contributed by atoms with Gasteiger partial charge in [-0.05, 0) is 43.7 Å². The van der Waals surface area contributed by atoms with Gasteiger partial charge in [-0.25, -0.2) is 0 Å². The Labute approximate surface area is 117 Å². The van der Waals surface area contributed by atoms with Crippen LogP contribution in [0.15, 0.2) is 18.3 Å². The molecule has 0 spiro atoms. The van der Waals surface area contributed by atoms with E-state index in [1.807, 2.05) is 6.07 Å². The summed E-state index contributed by atoms with van der Waals surface area (Å²) < 4.78 is 0. The predicted octanol–water partition coefficient (Wildman–Crippen LogP) is 1.90. The Morgan fingerprint density at radius 1 is 1.40 bits per heavy atom. The molecule has 2 heterocycles. The van der Waals surface area contributed by atoms with Crippen LogP contribution in [0.2, 0.25) is 0 Å². The lowest BCUT2D eigenvalue weighted by molar-refractivity contribution is -0.147. The van der Waals surface area contributed by atoms with Crippen molar-refractivity contribution >= 4 is 11.9 Å². The maximum Gasteiger partial charge on any atom is 0.311 e. The summed E-state index contributed by atoms with van der Waals surface area (Å²) in [6, 6.07) is 3.72. The first kappa shape index (κ1) is 13.1. The van der Waals surface area contributed by atoms with Gasteiger partial charge in [-0.15, -0.1) is 0 Å². The number of aromatic nitrogens is 1. The van der Waals surface area contributed by atoms with Crippen molar-refractivity contribution in [2.45, 2.75) is 32.1 Å². The maximum absolute atomic E-state index is 12.3. The van der Waals surface area contributed by atoms with E-state index in [0.717, 1.165) is 0 Å². The molecule has 1 saturated carbocycles. The van der Waals surface area contributed by atoms with Gasteiger partial charge in [0.05, 0.1) is 5.41 Å². The van der Waals surface area contributed by atoms with E-state index in [-0.39, 0.29) is 12.5 Å². The number of nitrogens with zero attached hydrogens (tertiary/aromatic N) is 2. The minimum absolute atomic E-state index is 0.169. The zero-order valence-electron chi connectivity index (χ0n) is 11.5. The highest BCUT2D eigenvalue weighted by molar-refractivity contribution is 5.93. The average Bonchev–Trinajstić information content (AvgIpc) is 3.21. The third-order valence-electron chi connectivity index (χ3n) is 4.33. The number of aliphatic carboxylic acids is 1. The van der Waals surface area contributed by atoms with E-state index in [1.165, 1.54) is 18.4 Å². The molecule has 2 fully saturated rings. The zero-order chi connectivity index (χ0) is 14.3. The van der Waals surface area contributed by atoms with Crippen LogP contribution < -0.4 is 0 Å². The van der Waals surface area contributed by atoms with Gasteiger partial charge in [0.25, 0.3) is 5.91 Å². The van der Waals surface area contributed by atoms with Gasteiger partial charge in [0, 0.05) is 19.3 Å². The van der Waals surface area contributed by atoms with E-state index in [4.69, 9.17) is 0 Å². The highest BCUT2D eigenvalue weighted by Gasteiger charge is 2.42. The van der Waals surface area contributed by atoms with Crippen LogP contribution in [0.25, 0.3) is 0 Å². The number of carboxylic acids is 1. The molecule has 1 aliphatic heterocycles. The van der Waals surface area contributed by atoms with Crippen molar-refractivity contribution in [2.75, 3.05) is 13.1 Å². The number of carboxylic acid groups (broad SMARTS) is 1. The summed E-state index contributed by atoms with van der Waals surface area (Å²) in [5.41, 5.74) is 0.770. The van der Waals surface area contributed by atoms with E-state index in [2.05, 4.69) is 4.98 Å². The van der Waals surface area contributed by atoms with Crippen LogP contribution in [0.1, 0.15) is 48.2 Å². The molecule has 1 amide bonds. The molecule has 1 aliphatic carbocycles. The van der Waals surface area contributed by atoms with Crippen molar-refractivity contribution in [1.29, 1.82) is 0 Å². The minimum Gasteiger partial charge on any atom is -0.481 e. The van der Waals surface area contributed by atoms with E-state index in [0.29, 0.717) is 24.6 Å². The van der Waals surface area contributed by atoms with Crippen LogP contribution >= 0.6 is 0 Å². The Bertz CT molecular complexity index is 551. The topological polar surface area (TPSA) is 70.5 Å². The standard InChI is InChI=1S/C15H18N2O3/c1-15(14(19)20)6-7-17(9-15)13(18)12-5-4-11(8-16-12)10-2-3-10/h4-5,8,10H,2-3,6-7,9H2,1H3,(H,19,20). The molecule has 0 aromatic carbocycles. The second-order valence-corrected chi connectivity index (χ2v) is 6.09. The number of carbonyl (C=O) groups is 2. The van der Waals surface area contributed by atoms with Gasteiger partial charge < -0.3 is 10.0 Å².